The van der Waals surface area contributed by atoms with E-state index in [-0.39, 0.29) is 16.5 Å². The second-order valence-corrected chi connectivity index (χ2v) is 23.9. The minimum atomic E-state index is -1.89. The molecule has 5 nitrogen and oxygen atoms in total. The SMILES string of the molecule is C/C(=C\CCC(=O)O)c1cccc(NCCc2ccc(CO[Si](C)(C)C(C)(C)C)c(CO[Si](C)(C)C(C)(C)C)c2)c1. The van der Waals surface area contributed by atoms with Crippen LogP contribution in [0.25, 0.3) is 5.57 Å². The van der Waals surface area contributed by atoms with E-state index < -0.39 is 22.6 Å². The maximum atomic E-state index is 10.8. The summed E-state index contributed by atoms with van der Waals surface area (Å²) in [5.41, 5.74) is 7.00. The Bertz CT molecular complexity index is 1190. The first kappa shape index (κ1) is 35.0. The van der Waals surface area contributed by atoms with Gasteiger partial charge in [-0.05, 0) is 96.0 Å². The Morgan fingerprint density at radius 2 is 1.46 bits per heavy atom. The van der Waals surface area contributed by atoms with E-state index in [4.69, 9.17) is 14.0 Å². The van der Waals surface area contributed by atoms with Gasteiger partial charge in [-0.1, -0.05) is 78.0 Å². The molecule has 0 amide bonds. The zero-order valence-corrected chi connectivity index (χ0v) is 29.5. The van der Waals surface area contributed by atoms with Gasteiger partial charge in [-0.25, -0.2) is 0 Å². The number of aliphatic carboxylic acids is 1. The number of hydrogen-bond acceptors (Lipinski definition) is 4. The van der Waals surface area contributed by atoms with Crippen molar-refractivity contribution in [1.82, 2.24) is 0 Å². The molecule has 0 aliphatic carbocycles. The lowest BCUT2D eigenvalue weighted by atomic mass is 10.0. The normalized spacial score (nSPS) is 13.4. The minimum Gasteiger partial charge on any atom is -0.481 e. The quantitative estimate of drug-likeness (QED) is 0.212. The fraction of sp³-hybridized carbons (Fsp3) is 0.559. The Balaban J connectivity index is 2.15. The van der Waals surface area contributed by atoms with Crippen LogP contribution in [0.2, 0.25) is 36.3 Å². The van der Waals surface area contributed by atoms with E-state index in [9.17, 15) is 4.79 Å². The summed E-state index contributed by atoms with van der Waals surface area (Å²) in [4.78, 5) is 10.8. The van der Waals surface area contributed by atoms with E-state index in [0.717, 1.165) is 29.8 Å². The number of rotatable bonds is 14. The fourth-order valence-electron chi connectivity index (χ4n) is 3.81. The van der Waals surface area contributed by atoms with Gasteiger partial charge in [0.15, 0.2) is 16.6 Å². The monoisotopic (exact) mass is 597 g/mol. The van der Waals surface area contributed by atoms with E-state index >= 15 is 0 Å². The van der Waals surface area contributed by atoms with Crippen molar-refractivity contribution in [2.75, 3.05) is 11.9 Å². The maximum absolute atomic E-state index is 10.8. The fourth-order valence-corrected chi connectivity index (χ4v) is 5.71. The largest absolute Gasteiger partial charge is 0.481 e. The highest BCUT2D eigenvalue weighted by molar-refractivity contribution is 6.74. The zero-order chi connectivity index (χ0) is 31.1. The molecule has 228 valence electrons. The van der Waals surface area contributed by atoms with Crippen molar-refractivity contribution in [1.29, 1.82) is 0 Å². The molecule has 0 bridgehead atoms. The molecular formula is C34H55NO4Si2. The molecule has 0 unspecified atom stereocenters. The van der Waals surface area contributed by atoms with Gasteiger partial charge in [0, 0.05) is 18.7 Å². The third-order valence-corrected chi connectivity index (χ3v) is 17.9. The lowest BCUT2D eigenvalue weighted by Gasteiger charge is -2.37. The van der Waals surface area contributed by atoms with Gasteiger partial charge in [0.1, 0.15) is 0 Å². The number of carboxylic acids is 1. The molecule has 7 heteroatoms. The summed E-state index contributed by atoms with van der Waals surface area (Å²) in [6.45, 7) is 27.0. The van der Waals surface area contributed by atoms with Gasteiger partial charge in [-0.2, -0.15) is 0 Å². The molecule has 0 atom stereocenters. The predicted molar refractivity (Wildman–Crippen MR) is 180 cm³/mol. The Labute approximate surface area is 252 Å². The van der Waals surface area contributed by atoms with E-state index in [1.165, 1.54) is 16.7 Å². The van der Waals surface area contributed by atoms with Gasteiger partial charge in [-0.15, -0.1) is 0 Å². The van der Waals surface area contributed by atoms with Crippen LogP contribution in [0.4, 0.5) is 5.69 Å². The molecule has 41 heavy (non-hydrogen) atoms. The van der Waals surface area contributed by atoms with Crippen LogP contribution in [0.3, 0.4) is 0 Å². The Morgan fingerprint density at radius 1 is 0.878 bits per heavy atom. The lowest BCUT2D eigenvalue weighted by Crippen LogP contribution is -2.41. The minimum absolute atomic E-state index is 0.152. The topological polar surface area (TPSA) is 67.8 Å². The number of anilines is 1. The van der Waals surface area contributed by atoms with Crippen LogP contribution in [0.15, 0.2) is 48.5 Å². The standard InChI is InChI=1S/C34H55NO4Si2/c1-26(14-12-17-32(36)37)28-15-13-16-31(23-28)35-21-20-27-18-19-29(24-38-40(8,9)33(2,3)4)30(22-27)25-39-41(10,11)34(5,6)7/h13-16,18-19,22-23,35H,12,17,20-21,24-25H2,1-11H3,(H,36,37)/b26-14+. The van der Waals surface area contributed by atoms with E-state index in [0.29, 0.717) is 19.6 Å². The van der Waals surface area contributed by atoms with Crippen LogP contribution < -0.4 is 5.32 Å². The number of hydrogen-bond donors (Lipinski definition) is 2. The molecule has 0 saturated carbocycles. The smallest absolute Gasteiger partial charge is 0.303 e. The van der Waals surface area contributed by atoms with Gasteiger partial charge >= 0.3 is 5.97 Å². The molecule has 0 aliphatic heterocycles. The van der Waals surface area contributed by atoms with Crippen LogP contribution in [0.1, 0.15) is 83.6 Å². The highest BCUT2D eigenvalue weighted by Crippen LogP contribution is 2.39. The van der Waals surface area contributed by atoms with Crippen LogP contribution in [0.5, 0.6) is 0 Å². The van der Waals surface area contributed by atoms with Crippen molar-refractivity contribution in [2.24, 2.45) is 0 Å². The Morgan fingerprint density at radius 3 is 2.02 bits per heavy atom. The van der Waals surface area contributed by atoms with E-state index in [1.807, 2.05) is 19.1 Å². The van der Waals surface area contributed by atoms with Crippen LogP contribution in [-0.4, -0.2) is 34.3 Å². The highest BCUT2D eigenvalue weighted by Gasteiger charge is 2.38. The molecule has 2 aromatic carbocycles. The van der Waals surface area contributed by atoms with Crippen LogP contribution >= 0.6 is 0 Å². The average molecular weight is 598 g/mol. The van der Waals surface area contributed by atoms with Gasteiger partial charge in [0.2, 0.25) is 0 Å². The van der Waals surface area contributed by atoms with Gasteiger partial charge in [-0.3, -0.25) is 4.79 Å². The summed E-state index contributed by atoms with van der Waals surface area (Å²) in [5.74, 6) is -0.768. The number of carbonyl (C=O) groups is 1. The predicted octanol–water partition coefficient (Wildman–Crippen LogP) is 9.65. The summed E-state index contributed by atoms with van der Waals surface area (Å²) in [6, 6.07) is 15.1. The maximum Gasteiger partial charge on any atom is 0.303 e. The average Bonchev–Trinajstić information content (AvgIpc) is 2.85. The van der Waals surface area contributed by atoms with Crippen molar-refractivity contribution in [2.45, 2.75) is 117 Å². The molecule has 0 radical (unpaired) electrons. The summed E-state index contributed by atoms with van der Waals surface area (Å²) in [6.07, 6.45) is 3.59. The molecule has 0 fully saturated rings. The molecule has 0 saturated heterocycles. The molecule has 2 N–H and O–H groups in total. The number of carboxylic acid groups (broad SMARTS) is 1. The second kappa shape index (κ2) is 14.3. The summed E-state index contributed by atoms with van der Waals surface area (Å²) in [5, 5.41) is 12.8. The molecule has 0 heterocycles. The second-order valence-electron chi connectivity index (χ2n) is 14.3. The summed E-state index contributed by atoms with van der Waals surface area (Å²) >= 11 is 0. The van der Waals surface area contributed by atoms with Crippen molar-refractivity contribution in [3.8, 4) is 0 Å². The summed E-state index contributed by atoms with van der Waals surface area (Å²) < 4.78 is 13.3. The third-order valence-electron chi connectivity index (χ3n) is 8.93. The van der Waals surface area contributed by atoms with Crippen molar-refractivity contribution >= 4 is 33.9 Å². The molecule has 0 aromatic heterocycles. The molecule has 2 rings (SSSR count). The molecular weight excluding hydrogens is 543 g/mol. The van der Waals surface area contributed by atoms with Gasteiger partial charge < -0.3 is 19.3 Å². The Kier molecular flexibility index (Phi) is 12.2. The zero-order valence-electron chi connectivity index (χ0n) is 27.5. The highest BCUT2D eigenvalue weighted by atomic mass is 28.4. The number of nitrogens with one attached hydrogen (secondary N) is 1. The molecule has 0 spiro atoms. The first-order chi connectivity index (χ1) is 18.8. The van der Waals surface area contributed by atoms with E-state index in [2.05, 4.69) is 109 Å². The number of benzene rings is 2. The van der Waals surface area contributed by atoms with Crippen molar-refractivity contribution in [3.05, 3.63) is 70.8 Å². The van der Waals surface area contributed by atoms with E-state index in [1.54, 1.807) is 0 Å². The van der Waals surface area contributed by atoms with Crippen molar-refractivity contribution in [3.63, 3.8) is 0 Å². The lowest BCUT2D eigenvalue weighted by molar-refractivity contribution is -0.136. The molecule has 0 aliphatic rings. The molecule has 2 aromatic rings. The first-order valence-electron chi connectivity index (χ1n) is 14.9. The Hall–Kier alpha value is -2.20. The van der Waals surface area contributed by atoms with Crippen LogP contribution in [0, 0.1) is 0 Å². The number of allylic oxidation sites excluding steroid dienone is 2. The van der Waals surface area contributed by atoms with Gasteiger partial charge in [0.05, 0.1) is 13.2 Å². The third kappa shape index (κ3) is 10.9. The van der Waals surface area contributed by atoms with Crippen LogP contribution in [-0.2, 0) is 33.3 Å². The summed E-state index contributed by atoms with van der Waals surface area (Å²) in [7, 11) is -3.76. The van der Waals surface area contributed by atoms with Gasteiger partial charge in [0.25, 0.3) is 0 Å². The van der Waals surface area contributed by atoms with Crippen molar-refractivity contribution < 1.29 is 18.8 Å². The first-order valence-corrected chi connectivity index (χ1v) is 20.8.